The van der Waals surface area contributed by atoms with Crippen LogP contribution in [0.4, 0.5) is 4.79 Å². The van der Waals surface area contributed by atoms with Gasteiger partial charge < -0.3 is 15.4 Å². The zero-order valence-electron chi connectivity index (χ0n) is 12.0. The maximum absolute atomic E-state index is 11.6. The molecule has 0 fully saturated rings. The minimum absolute atomic E-state index is 0.364. The fourth-order valence-corrected chi connectivity index (χ4v) is 1.64. The van der Waals surface area contributed by atoms with Crippen LogP contribution < -0.4 is 16.0 Å². The molecule has 3 amide bonds. The number of carbonyl (C=O) groups is 2. The van der Waals surface area contributed by atoms with E-state index in [-0.39, 0.29) is 5.91 Å². The van der Waals surface area contributed by atoms with Gasteiger partial charge in [0.1, 0.15) is 0 Å². The molecule has 0 saturated carbocycles. The normalized spacial score (nSPS) is 11.8. The van der Waals surface area contributed by atoms with E-state index in [1.54, 1.807) is 14.0 Å². The Morgan fingerprint density at radius 3 is 2.65 bits per heavy atom. The Morgan fingerprint density at radius 2 is 2.00 bits per heavy atom. The Kier molecular flexibility index (Phi) is 6.69. The van der Waals surface area contributed by atoms with Gasteiger partial charge in [-0.2, -0.15) is 0 Å². The summed E-state index contributed by atoms with van der Waals surface area (Å²) in [6.07, 6.45) is 0. The quantitative estimate of drug-likeness (QED) is 0.718. The molecule has 0 aliphatic rings. The van der Waals surface area contributed by atoms with Gasteiger partial charge in [0.25, 0.3) is 0 Å². The van der Waals surface area contributed by atoms with Gasteiger partial charge in [-0.3, -0.25) is 10.1 Å². The Bertz CT molecular complexity index is 463. The van der Waals surface area contributed by atoms with Crippen LogP contribution >= 0.6 is 0 Å². The standard InChI is InChI=1S/C14H21N3O3/c1-10(13(18)17-14(19)15-2)16-8-11-5-4-6-12(7-11)9-20-3/h4-7,10,16H,8-9H2,1-3H3,(H2,15,17,18,19). The third kappa shape index (κ3) is 5.38. The Hall–Kier alpha value is -1.92. The fourth-order valence-electron chi connectivity index (χ4n) is 1.64. The van der Waals surface area contributed by atoms with Crippen molar-refractivity contribution >= 4 is 11.9 Å². The highest BCUT2D eigenvalue weighted by molar-refractivity contribution is 5.96. The lowest BCUT2D eigenvalue weighted by molar-refractivity contribution is -0.121. The van der Waals surface area contributed by atoms with Gasteiger partial charge in [-0.25, -0.2) is 4.79 Å². The number of methoxy groups -OCH3 is 1. The maximum atomic E-state index is 11.6. The molecule has 0 saturated heterocycles. The highest BCUT2D eigenvalue weighted by Crippen LogP contribution is 2.06. The topological polar surface area (TPSA) is 79.5 Å². The van der Waals surface area contributed by atoms with E-state index in [1.165, 1.54) is 7.05 Å². The molecule has 1 atom stereocenters. The van der Waals surface area contributed by atoms with E-state index >= 15 is 0 Å². The molecule has 0 heterocycles. The molecule has 1 unspecified atom stereocenters. The van der Waals surface area contributed by atoms with Crippen LogP contribution in [0, 0.1) is 0 Å². The summed E-state index contributed by atoms with van der Waals surface area (Å²) in [7, 11) is 3.11. The third-order valence-electron chi connectivity index (χ3n) is 2.77. The zero-order chi connectivity index (χ0) is 15.0. The molecule has 6 heteroatoms. The van der Waals surface area contributed by atoms with E-state index in [9.17, 15) is 9.59 Å². The number of nitrogens with one attached hydrogen (secondary N) is 3. The van der Waals surface area contributed by atoms with Crippen LogP contribution in [0.3, 0.4) is 0 Å². The highest BCUT2D eigenvalue weighted by atomic mass is 16.5. The van der Waals surface area contributed by atoms with Gasteiger partial charge >= 0.3 is 6.03 Å². The first-order valence-electron chi connectivity index (χ1n) is 6.39. The second kappa shape index (κ2) is 8.29. The number of hydrogen-bond acceptors (Lipinski definition) is 4. The van der Waals surface area contributed by atoms with Gasteiger partial charge in [-0.1, -0.05) is 24.3 Å². The van der Waals surface area contributed by atoms with E-state index in [0.29, 0.717) is 13.2 Å². The molecule has 0 bridgehead atoms. The molecule has 1 rings (SSSR count). The lowest BCUT2D eigenvalue weighted by Gasteiger charge is -2.13. The van der Waals surface area contributed by atoms with Gasteiger partial charge in [-0.05, 0) is 18.1 Å². The van der Waals surface area contributed by atoms with E-state index in [0.717, 1.165) is 11.1 Å². The van der Waals surface area contributed by atoms with Crippen molar-refractivity contribution < 1.29 is 14.3 Å². The summed E-state index contributed by atoms with van der Waals surface area (Å²) in [6, 6.07) is 6.94. The lowest BCUT2D eigenvalue weighted by Crippen LogP contribution is -2.47. The van der Waals surface area contributed by atoms with Crippen molar-refractivity contribution in [1.29, 1.82) is 0 Å². The molecule has 110 valence electrons. The predicted molar refractivity (Wildman–Crippen MR) is 76.1 cm³/mol. The third-order valence-corrected chi connectivity index (χ3v) is 2.77. The molecule has 0 spiro atoms. The molecule has 1 aromatic carbocycles. The van der Waals surface area contributed by atoms with Crippen molar-refractivity contribution in [1.82, 2.24) is 16.0 Å². The van der Waals surface area contributed by atoms with Gasteiger partial charge in [-0.15, -0.1) is 0 Å². The number of ether oxygens (including phenoxy) is 1. The van der Waals surface area contributed by atoms with E-state index in [2.05, 4.69) is 16.0 Å². The van der Waals surface area contributed by atoms with Crippen molar-refractivity contribution in [2.75, 3.05) is 14.2 Å². The largest absolute Gasteiger partial charge is 0.380 e. The number of benzene rings is 1. The molecular weight excluding hydrogens is 258 g/mol. The summed E-state index contributed by atoms with van der Waals surface area (Å²) in [5, 5.41) is 7.62. The predicted octanol–water partition coefficient (Wildman–Crippen LogP) is 0.767. The van der Waals surface area contributed by atoms with E-state index in [4.69, 9.17) is 4.74 Å². The number of amides is 3. The molecule has 0 radical (unpaired) electrons. The first-order chi connectivity index (χ1) is 9.56. The molecule has 1 aromatic rings. The van der Waals surface area contributed by atoms with Crippen molar-refractivity contribution in [3.05, 3.63) is 35.4 Å². The first-order valence-corrected chi connectivity index (χ1v) is 6.39. The van der Waals surface area contributed by atoms with Crippen molar-refractivity contribution in [2.24, 2.45) is 0 Å². The van der Waals surface area contributed by atoms with Crippen LogP contribution in [0.15, 0.2) is 24.3 Å². The van der Waals surface area contributed by atoms with Crippen LogP contribution in [0.5, 0.6) is 0 Å². The second-order valence-electron chi connectivity index (χ2n) is 4.42. The van der Waals surface area contributed by atoms with Crippen LogP contribution in [0.1, 0.15) is 18.1 Å². The second-order valence-corrected chi connectivity index (χ2v) is 4.42. The average Bonchev–Trinajstić information content (AvgIpc) is 2.45. The smallest absolute Gasteiger partial charge is 0.321 e. The maximum Gasteiger partial charge on any atom is 0.321 e. The molecule has 0 aromatic heterocycles. The summed E-state index contributed by atoms with van der Waals surface area (Å²) in [5.74, 6) is -0.364. The number of carbonyl (C=O) groups excluding carboxylic acids is 2. The summed E-state index contributed by atoms with van der Waals surface area (Å²) < 4.78 is 5.07. The molecule has 0 aliphatic carbocycles. The highest BCUT2D eigenvalue weighted by Gasteiger charge is 2.14. The average molecular weight is 279 g/mol. The van der Waals surface area contributed by atoms with Crippen molar-refractivity contribution in [2.45, 2.75) is 26.1 Å². The van der Waals surface area contributed by atoms with Crippen LogP contribution in [0.25, 0.3) is 0 Å². The van der Waals surface area contributed by atoms with Gasteiger partial charge in [0.15, 0.2) is 0 Å². The van der Waals surface area contributed by atoms with Crippen LogP contribution in [-0.4, -0.2) is 32.1 Å². The number of rotatable bonds is 6. The Balaban J connectivity index is 2.47. The number of urea groups is 1. The summed E-state index contributed by atoms with van der Waals surface area (Å²) in [4.78, 5) is 22.7. The fraction of sp³-hybridized carbons (Fsp3) is 0.429. The molecule has 20 heavy (non-hydrogen) atoms. The van der Waals surface area contributed by atoms with Crippen molar-refractivity contribution in [3.8, 4) is 0 Å². The molecule has 6 nitrogen and oxygen atoms in total. The van der Waals surface area contributed by atoms with Crippen molar-refractivity contribution in [3.63, 3.8) is 0 Å². The van der Waals surface area contributed by atoms with Crippen LogP contribution in [-0.2, 0) is 22.7 Å². The number of imide groups is 1. The minimum Gasteiger partial charge on any atom is -0.380 e. The lowest BCUT2D eigenvalue weighted by atomic mass is 10.1. The molecular formula is C14H21N3O3. The number of hydrogen-bond donors (Lipinski definition) is 3. The van der Waals surface area contributed by atoms with Crippen LogP contribution in [0.2, 0.25) is 0 Å². The van der Waals surface area contributed by atoms with Gasteiger partial charge in [0.05, 0.1) is 12.6 Å². The summed E-state index contributed by atoms with van der Waals surface area (Å²) in [5.41, 5.74) is 2.13. The SMILES string of the molecule is CNC(=O)NC(=O)C(C)NCc1cccc(COC)c1. The molecule has 0 aliphatic heterocycles. The molecule has 3 N–H and O–H groups in total. The summed E-state index contributed by atoms with van der Waals surface area (Å²) >= 11 is 0. The van der Waals surface area contributed by atoms with Gasteiger partial charge in [0, 0.05) is 20.7 Å². The zero-order valence-corrected chi connectivity index (χ0v) is 12.0. The van der Waals surface area contributed by atoms with E-state index in [1.807, 2.05) is 24.3 Å². The monoisotopic (exact) mass is 279 g/mol. The first kappa shape index (κ1) is 16.1. The van der Waals surface area contributed by atoms with Gasteiger partial charge in [0.2, 0.25) is 5.91 Å². The van der Waals surface area contributed by atoms with E-state index < -0.39 is 12.1 Å². The summed E-state index contributed by atoms with van der Waals surface area (Å²) in [6.45, 7) is 2.80. The minimum atomic E-state index is -0.509. The Morgan fingerprint density at radius 1 is 1.30 bits per heavy atom. The Labute approximate surface area is 118 Å².